The van der Waals surface area contributed by atoms with Gasteiger partial charge in [0.1, 0.15) is 10.0 Å². The fourth-order valence-corrected chi connectivity index (χ4v) is 4.90. The second-order valence-electron chi connectivity index (χ2n) is 6.28. The predicted molar refractivity (Wildman–Crippen MR) is 116 cm³/mol. The molecule has 0 spiro atoms. The average Bonchev–Trinajstić information content (AvgIpc) is 3.41. The number of nitrogens with zero attached hydrogens (tertiary/aromatic N) is 3. The van der Waals surface area contributed by atoms with Crippen LogP contribution in [0.25, 0.3) is 41.8 Å². The van der Waals surface area contributed by atoms with E-state index >= 15 is 0 Å². The topological polar surface area (TPSA) is 49.6 Å². The Balaban J connectivity index is 1.43. The number of fused-ring (bicyclic) bond motifs is 1. The Bertz CT molecular complexity index is 1270. The van der Waals surface area contributed by atoms with Gasteiger partial charge in [0.15, 0.2) is 0 Å². The summed E-state index contributed by atoms with van der Waals surface area (Å²) in [6, 6.07) is 26.4. The van der Waals surface area contributed by atoms with Crippen molar-refractivity contribution < 1.29 is 0 Å². The smallest absolute Gasteiger partial charge is 0.124 e. The van der Waals surface area contributed by atoms with E-state index in [1.54, 1.807) is 22.7 Å². The highest BCUT2D eigenvalue weighted by molar-refractivity contribution is 7.21. The highest BCUT2D eigenvalue weighted by Crippen LogP contribution is 2.34. The molecule has 5 heteroatoms. The molecule has 0 bridgehead atoms. The van der Waals surface area contributed by atoms with Gasteiger partial charge in [-0.3, -0.25) is 0 Å². The zero-order valence-corrected chi connectivity index (χ0v) is 16.3. The van der Waals surface area contributed by atoms with E-state index < -0.39 is 0 Å². The lowest BCUT2D eigenvalue weighted by atomic mass is 10.1. The molecule has 0 aliphatic carbocycles. The van der Waals surface area contributed by atoms with E-state index in [1.807, 2.05) is 48.7 Å². The van der Waals surface area contributed by atoms with Crippen LogP contribution in [0.4, 0.5) is 0 Å². The van der Waals surface area contributed by atoms with Crippen LogP contribution in [0.2, 0.25) is 0 Å². The van der Waals surface area contributed by atoms with Crippen molar-refractivity contribution in [1.29, 1.82) is 5.26 Å². The average molecular weight is 396 g/mol. The Morgan fingerprint density at radius 3 is 2.11 bits per heavy atom. The van der Waals surface area contributed by atoms with Crippen LogP contribution in [-0.4, -0.2) is 9.97 Å². The molecule has 0 saturated heterocycles. The predicted octanol–water partition coefficient (Wildman–Crippen LogP) is 6.63. The molecule has 0 aliphatic heterocycles. The fourth-order valence-electron chi connectivity index (χ4n) is 3.00. The number of benzene rings is 3. The van der Waals surface area contributed by atoms with Crippen LogP contribution in [0.3, 0.4) is 0 Å². The maximum Gasteiger partial charge on any atom is 0.124 e. The summed E-state index contributed by atoms with van der Waals surface area (Å²) in [4.78, 5) is 10.4. The summed E-state index contributed by atoms with van der Waals surface area (Å²) >= 11 is 3.36. The minimum absolute atomic E-state index is 0.666. The summed E-state index contributed by atoms with van der Waals surface area (Å²) < 4.78 is 1.20. The Hall–Kier alpha value is -3.33. The van der Waals surface area contributed by atoms with Gasteiger partial charge in [0.05, 0.1) is 26.7 Å². The first kappa shape index (κ1) is 16.8. The second-order valence-corrected chi connectivity index (χ2v) is 8.34. The lowest BCUT2D eigenvalue weighted by Gasteiger charge is -1.99. The molecule has 0 saturated carbocycles. The summed E-state index contributed by atoms with van der Waals surface area (Å²) in [7, 11) is 0. The molecule has 3 aromatic carbocycles. The summed E-state index contributed by atoms with van der Waals surface area (Å²) in [5.74, 6) is 0. The molecule has 5 rings (SSSR count). The second kappa shape index (κ2) is 7.01. The van der Waals surface area contributed by atoms with E-state index in [1.165, 1.54) is 4.70 Å². The Labute approximate surface area is 170 Å². The van der Waals surface area contributed by atoms with Crippen molar-refractivity contribution in [3.8, 4) is 37.7 Å². The van der Waals surface area contributed by atoms with Gasteiger partial charge >= 0.3 is 0 Å². The van der Waals surface area contributed by atoms with Gasteiger partial charge < -0.3 is 0 Å². The normalized spacial score (nSPS) is 10.8. The molecule has 0 N–H and O–H groups in total. The van der Waals surface area contributed by atoms with Gasteiger partial charge in [0.25, 0.3) is 0 Å². The van der Waals surface area contributed by atoms with Gasteiger partial charge in [0.2, 0.25) is 0 Å². The van der Waals surface area contributed by atoms with Gasteiger partial charge in [0, 0.05) is 17.3 Å². The molecular formula is C23H13N3S2. The molecule has 0 fully saturated rings. The minimum Gasteiger partial charge on any atom is -0.244 e. The summed E-state index contributed by atoms with van der Waals surface area (Å²) in [5, 5.41) is 10.9. The standard InChI is InChI=1S/C23H13N3S2/c24-13-15-5-7-16(8-6-15)21-14-25-22(28-21)17-9-11-18(12-10-17)23-26-19-3-1-2-4-20(19)27-23/h1-12,14H. The van der Waals surface area contributed by atoms with E-state index in [0.717, 1.165) is 37.1 Å². The number of nitriles is 1. The highest BCUT2D eigenvalue weighted by Gasteiger charge is 2.09. The first-order valence-electron chi connectivity index (χ1n) is 8.73. The Morgan fingerprint density at radius 1 is 0.714 bits per heavy atom. The summed E-state index contributed by atoms with van der Waals surface area (Å²) in [5.41, 5.74) is 5.00. The van der Waals surface area contributed by atoms with E-state index in [-0.39, 0.29) is 0 Å². The van der Waals surface area contributed by atoms with Gasteiger partial charge in [-0.05, 0) is 29.8 Å². The highest BCUT2D eigenvalue weighted by atomic mass is 32.1. The number of rotatable bonds is 3. The summed E-state index contributed by atoms with van der Waals surface area (Å²) in [6.07, 6.45) is 1.89. The van der Waals surface area contributed by atoms with Crippen molar-refractivity contribution in [2.75, 3.05) is 0 Å². The zero-order chi connectivity index (χ0) is 18.9. The van der Waals surface area contributed by atoms with Crippen LogP contribution < -0.4 is 0 Å². The lowest BCUT2D eigenvalue weighted by molar-refractivity contribution is 1.41. The van der Waals surface area contributed by atoms with Crippen LogP contribution in [0.5, 0.6) is 0 Å². The first-order chi connectivity index (χ1) is 13.8. The van der Waals surface area contributed by atoms with Gasteiger partial charge in [-0.2, -0.15) is 5.26 Å². The number of aromatic nitrogens is 2. The number of para-hydroxylation sites is 1. The van der Waals surface area contributed by atoms with Gasteiger partial charge in [-0.1, -0.05) is 48.5 Å². The molecule has 3 nitrogen and oxygen atoms in total. The van der Waals surface area contributed by atoms with Crippen LogP contribution in [0, 0.1) is 11.3 Å². The van der Waals surface area contributed by atoms with E-state index in [9.17, 15) is 0 Å². The molecule has 132 valence electrons. The first-order valence-corrected chi connectivity index (χ1v) is 10.4. The van der Waals surface area contributed by atoms with Crippen LogP contribution in [-0.2, 0) is 0 Å². The van der Waals surface area contributed by atoms with Crippen LogP contribution in [0.15, 0.2) is 79.0 Å². The number of hydrogen-bond donors (Lipinski definition) is 0. The maximum absolute atomic E-state index is 8.93. The third kappa shape index (κ3) is 3.09. The Kier molecular flexibility index (Phi) is 4.21. The molecule has 5 aromatic rings. The van der Waals surface area contributed by atoms with Crippen molar-refractivity contribution in [2.45, 2.75) is 0 Å². The van der Waals surface area contributed by atoms with Crippen molar-refractivity contribution >= 4 is 32.9 Å². The van der Waals surface area contributed by atoms with Crippen molar-refractivity contribution in [3.63, 3.8) is 0 Å². The number of hydrogen-bond acceptors (Lipinski definition) is 5. The molecule has 2 heterocycles. The lowest BCUT2D eigenvalue weighted by Crippen LogP contribution is -1.78. The summed E-state index contributed by atoms with van der Waals surface area (Å²) in [6.45, 7) is 0. The monoisotopic (exact) mass is 395 g/mol. The molecule has 28 heavy (non-hydrogen) atoms. The largest absolute Gasteiger partial charge is 0.244 e. The molecule has 0 atom stereocenters. The minimum atomic E-state index is 0.666. The van der Waals surface area contributed by atoms with Crippen LogP contribution >= 0.6 is 22.7 Å². The molecular weight excluding hydrogens is 382 g/mol. The van der Waals surface area contributed by atoms with E-state index in [2.05, 4.69) is 41.4 Å². The van der Waals surface area contributed by atoms with E-state index in [0.29, 0.717) is 5.56 Å². The SMILES string of the molecule is N#Cc1ccc(-c2cnc(-c3ccc(-c4nc5ccccc5s4)cc3)s2)cc1. The molecule has 0 radical (unpaired) electrons. The number of thiazole rings is 2. The van der Waals surface area contributed by atoms with Gasteiger partial charge in [-0.15, -0.1) is 22.7 Å². The third-order valence-corrected chi connectivity index (χ3v) is 6.66. The van der Waals surface area contributed by atoms with Gasteiger partial charge in [-0.25, -0.2) is 9.97 Å². The van der Waals surface area contributed by atoms with Crippen molar-refractivity contribution in [1.82, 2.24) is 9.97 Å². The van der Waals surface area contributed by atoms with Crippen molar-refractivity contribution in [3.05, 3.63) is 84.6 Å². The van der Waals surface area contributed by atoms with Crippen molar-refractivity contribution in [2.24, 2.45) is 0 Å². The maximum atomic E-state index is 8.93. The van der Waals surface area contributed by atoms with E-state index in [4.69, 9.17) is 10.2 Å². The third-order valence-electron chi connectivity index (χ3n) is 4.48. The molecule has 0 unspecified atom stereocenters. The Morgan fingerprint density at radius 2 is 1.39 bits per heavy atom. The van der Waals surface area contributed by atoms with Crippen LogP contribution in [0.1, 0.15) is 5.56 Å². The molecule has 0 aliphatic rings. The quantitative estimate of drug-likeness (QED) is 0.345. The zero-order valence-electron chi connectivity index (χ0n) is 14.7. The molecule has 2 aromatic heterocycles. The molecule has 0 amide bonds. The fraction of sp³-hybridized carbons (Fsp3) is 0.